The van der Waals surface area contributed by atoms with Crippen LogP contribution in [0.5, 0.6) is 5.75 Å². The van der Waals surface area contributed by atoms with Crippen LogP contribution in [0.4, 0.5) is 5.69 Å². The Morgan fingerprint density at radius 2 is 1.91 bits per heavy atom. The average Bonchev–Trinajstić information content (AvgIpc) is 2.45. The third-order valence-electron chi connectivity index (χ3n) is 3.07. The average molecular weight is 310 g/mol. The number of non-ortho nitro benzene ring substituents is 1. The largest absolute Gasteiger partial charge is 0.484 e. The van der Waals surface area contributed by atoms with Crippen LogP contribution in [-0.4, -0.2) is 35.1 Å². The van der Waals surface area contributed by atoms with Gasteiger partial charge in [-0.2, -0.15) is 0 Å². The van der Waals surface area contributed by atoms with E-state index >= 15 is 0 Å². The highest BCUT2D eigenvalue weighted by molar-refractivity contribution is 5.77. The van der Waals surface area contributed by atoms with Crippen molar-refractivity contribution in [2.45, 2.75) is 20.3 Å². The molecule has 0 heterocycles. The van der Waals surface area contributed by atoms with Crippen LogP contribution >= 0.6 is 0 Å². The summed E-state index contributed by atoms with van der Waals surface area (Å²) in [6.07, 6.45) is 0.297. The minimum Gasteiger partial charge on any atom is -0.484 e. The second kappa shape index (κ2) is 7.39. The van der Waals surface area contributed by atoms with E-state index in [0.717, 1.165) is 0 Å². The van der Waals surface area contributed by atoms with Crippen molar-refractivity contribution in [2.75, 3.05) is 13.2 Å². The van der Waals surface area contributed by atoms with E-state index < -0.39 is 16.3 Å². The van der Waals surface area contributed by atoms with Gasteiger partial charge in [0.1, 0.15) is 5.75 Å². The van der Waals surface area contributed by atoms with Gasteiger partial charge in [0.25, 0.3) is 11.6 Å². The molecule has 1 aromatic carbocycles. The van der Waals surface area contributed by atoms with Gasteiger partial charge in [-0.15, -0.1) is 0 Å². The van der Waals surface area contributed by atoms with Crippen molar-refractivity contribution in [1.29, 1.82) is 0 Å². The number of nitrogens with one attached hydrogen (secondary N) is 1. The Kier molecular flexibility index (Phi) is 5.85. The number of carbonyl (C=O) groups is 2. The van der Waals surface area contributed by atoms with E-state index in [9.17, 15) is 19.7 Å². The molecule has 0 saturated heterocycles. The van der Waals surface area contributed by atoms with Crippen molar-refractivity contribution in [2.24, 2.45) is 5.41 Å². The number of carboxylic acid groups (broad SMARTS) is 1. The monoisotopic (exact) mass is 310 g/mol. The first-order valence-electron chi connectivity index (χ1n) is 6.60. The number of ether oxygens (including phenoxy) is 1. The first-order valence-corrected chi connectivity index (χ1v) is 6.60. The second-order valence-electron chi connectivity index (χ2n) is 5.33. The molecule has 1 amide bonds. The molecule has 120 valence electrons. The van der Waals surface area contributed by atoms with Gasteiger partial charge in [0.05, 0.1) is 10.3 Å². The number of carbonyl (C=O) groups excluding carboxylic acids is 1. The predicted molar refractivity (Wildman–Crippen MR) is 77.6 cm³/mol. The second-order valence-corrected chi connectivity index (χ2v) is 5.33. The van der Waals surface area contributed by atoms with Gasteiger partial charge in [-0.3, -0.25) is 19.7 Å². The molecule has 1 aromatic rings. The number of aliphatic carboxylic acids is 1. The SMILES string of the molecule is CC(C)(CCNC(=O)COc1ccc([N+](=O)[O-])cc1)C(=O)O. The number of hydrogen-bond donors (Lipinski definition) is 2. The van der Waals surface area contributed by atoms with Crippen LogP contribution in [-0.2, 0) is 9.59 Å². The number of hydrogen-bond acceptors (Lipinski definition) is 5. The molecule has 0 atom stereocenters. The van der Waals surface area contributed by atoms with E-state index in [2.05, 4.69) is 5.32 Å². The minimum absolute atomic E-state index is 0.0623. The van der Waals surface area contributed by atoms with E-state index in [1.165, 1.54) is 24.3 Å². The van der Waals surface area contributed by atoms with Crippen molar-refractivity contribution >= 4 is 17.6 Å². The Morgan fingerprint density at radius 3 is 2.41 bits per heavy atom. The topological polar surface area (TPSA) is 119 Å². The van der Waals surface area contributed by atoms with Crippen molar-refractivity contribution in [3.05, 3.63) is 34.4 Å². The van der Waals surface area contributed by atoms with E-state index in [4.69, 9.17) is 9.84 Å². The minimum atomic E-state index is -0.927. The fourth-order valence-electron chi connectivity index (χ4n) is 1.49. The van der Waals surface area contributed by atoms with Crippen molar-refractivity contribution < 1.29 is 24.4 Å². The van der Waals surface area contributed by atoms with Gasteiger partial charge in [-0.05, 0) is 32.4 Å². The molecule has 0 aliphatic rings. The first kappa shape index (κ1) is 17.4. The summed E-state index contributed by atoms with van der Waals surface area (Å²) in [5.74, 6) is -0.977. The number of nitrogens with zero attached hydrogens (tertiary/aromatic N) is 1. The molecule has 1 rings (SSSR count). The van der Waals surface area contributed by atoms with E-state index in [1.54, 1.807) is 13.8 Å². The third kappa shape index (κ3) is 5.39. The summed E-state index contributed by atoms with van der Waals surface area (Å²) in [6, 6.07) is 5.36. The normalized spacial score (nSPS) is 10.8. The quantitative estimate of drug-likeness (QED) is 0.556. The predicted octanol–water partition coefficient (Wildman–Crippen LogP) is 1.59. The molecular weight excluding hydrogens is 292 g/mol. The molecule has 0 unspecified atom stereocenters. The molecule has 0 fully saturated rings. The fraction of sp³-hybridized carbons (Fsp3) is 0.429. The zero-order valence-electron chi connectivity index (χ0n) is 12.4. The van der Waals surface area contributed by atoms with Crippen molar-refractivity contribution in [3.8, 4) is 5.75 Å². The molecule has 0 bridgehead atoms. The summed E-state index contributed by atoms with van der Waals surface area (Å²) in [4.78, 5) is 32.4. The smallest absolute Gasteiger partial charge is 0.309 e. The summed E-state index contributed by atoms with van der Waals surface area (Å²) in [6.45, 7) is 3.14. The van der Waals surface area contributed by atoms with Crippen LogP contribution in [0.15, 0.2) is 24.3 Å². The molecule has 8 heteroatoms. The summed E-state index contributed by atoms with van der Waals surface area (Å²) in [7, 11) is 0. The number of carboxylic acids is 1. The van der Waals surface area contributed by atoms with Gasteiger partial charge in [-0.1, -0.05) is 0 Å². The lowest BCUT2D eigenvalue weighted by molar-refractivity contribution is -0.384. The fourth-order valence-corrected chi connectivity index (χ4v) is 1.49. The molecule has 2 N–H and O–H groups in total. The van der Waals surface area contributed by atoms with Crippen LogP contribution in [0.3, 0.4) is 0 Å². The molecule has 22 heavy (non-hydrogen) atoms. The Hall–Kier alpha value is -2.64. The summed E-state index contributed by atoms with van der Waals surface area (Å²) in [5, 5.41) is 22.0. The Bertz CT molecular complexity index is 553. The van der Waals surface area contributed by atoms with Crippen molar-refractivity contribution in [1.82, 2.24) is 5.32 Å². The van der Waals surface area contributed by atoms with E-state index in [0.29, 0.717) is 12.2 Å². The Labute approximate surface area is 127 Å². The number of nitro groups is 1. The maximum atomic E-state index is 11.6. The molecule has 0 aliphatic heterocycles. The molecule has 0 spiro atoms. The lowest BCUT2D eigenvalue weighted by Crippen LogP contribution is -2.34. The molecule has 0 saturated carbocycles. The molecule has 0 aromatic heterocycles. The van der Waals surface area contributed by atoms with Crippen LogP contribution < -0.4 is 10.1 Å². The highest BCUT2D eigenvalue weighted by Crippen LogP contribution is 2.19. The lowest BCUT2D eigenvalue weighted by atomic mass is 9.90. The highest BCUT2D eigenvalue weighted by Gasteiger charge is 2.26. The van der Waals surface area contributed by atoms with Gasteiger partial charge in [-0.25, -0.2) is 0 Å². The summed E-state index contributed by atoms with van der Waals surface area (Å²) >= 11 is 0. The van der Waals surface area contributed by atoms with Gasteiger partial charge in [0.2, 0.25) is 0 Å². The van der Waals surface area contributed by atoms with Crippen LogP contribution in [0.25, 0.3) is 0 Å². The van der Waals surface area contributed by atoms with Gasteiger partial charge in [0.15, 0.2) is 6.61 Å². The van der Waals surface area contributed by atoms with Crippen molar-refractivity contribution in [3.63, 3.8) is 0 Å². The van der Waals surface area contributed by atoms with E-state index in [-0.39, 0.29) is 24.7 Å². The van der Waals surface area contributed by atoms with Crippen LogP contribution in [0.2, 0.25) is 0 Å². The number of nitro benzene ring substituents is 1. The van der Waals surface area contributed by atoms with Crippen LogP contribution in [0, 0.1) is 15.5 Å². The first-order chi connectivity index (χ1) is 10.2. The number of benzene rings is 1. The molecule has 0 radical (unpaired) electrons. The summed E-state index contributed by atoms with van der Waals surface area (Å²) in [5.41, 5.74) is -0.973. The maximum absolute atomic E-state index is 11.6. The maximum Gasteiger partial charge on any atom is 0.309 e. The standard InChI is InChI=1S/C14H18N2O6/c1-14(2,13(18)19)7-8-15-12(17)9-22-11-5-3-10(4-6-11)16(20)21/h3-6H,7-9H2,1-2H3,(H,15,17)(H,18,19). The van der Waals surface area contributed by atoms with Crippen LogP contribution in [0.1, 0.15) is 20.3 Å². The molecular formula is C14H18N2O6. The highest BCUT2D eigenvalue weighted by atomic mass is 16.6. The Morgan fingerprint density at radius 1 is 1.32 bits per heavy atom. The number of amides is 1. The number of rotatable bonds is 8. The Balaban J connectivity index is 2.34. The summed E-state index contributed by atoms with van der Waals surface area (Å²) < 4.78 is 5.18. The zero-order chi connectivity index (χ0) is 16.8. The van der Waals surface area contributed by atoms with Gasteiger partial charge < -0.3 is 15.2 Å². The zero-order valence-corrected chi connectivity index (χ0v) is 12.4. The van der Waals surface area contributed by atoms with Gasteiger partial charge in [0, 0.05) is 18.7 Å². The lowest BCUT2D eigenvalue weighted by Gasteiger charge is -2.18. The van der Waals surface area contributed by atoms with Gasteiger partial charge >= 0.3 is 5.97 Å². The molecule has 0 aliphatic carbocycles. The third-order valence-corrected chi connectivity index (χ3v) is 3.07. The molecule has 8 nitrogen and oxygen atoms in total. The van der Waals surface area contributed by atoms with E-state index in [1.807, 2.05) is 0 Å².